The Morgan fingerprint density at radius 2 is 1.25 bits per heavy atom. The lowest BCUT2D eigenvalue weighted by Crippen LogP contribution is -2.45. The maximum Gasteiger partial charge on any atom is 0.306 e. The lowest BCUT2D eigenvalue weighted by atomic mass is 10.1. The summed E-state index contributed by atoms with van der Waals surface area (Å²) in [5.41, 5.74) is 0. The molecule has 0 N–H and O–H groups in total. The molecular formula is C27H51NO4. The number of likely N-dealkylation sites (N-methyl/N-ethyl adjacent to an activating group) is 1. The largest absolute Gasteiger partial charge is 0.550 e. The van der Waals surface area contributed by atoms with Crippen LogP contribution in [0.25, 0.3) is 0 Å². The van der Waals surface area contributed by atoms with E-state index in [-0.39, 0.29) is 12.4 Å². The number of unbranched alkanes of at least 4 members (excludes halogenated alkanes) is 13. The highest BCUT2D eigenvalue weighted by Crippen LogP contribution is 2.12. The van der Waals surface area contributed by atoms with Crippen LogP contribution in [-0.2, 0) is 14.3 Å². The van der Waals surface area contributed by atoms with Crippen LogP contribution < -0.4 is 5.11 Å². The van der Waals surface area contributed by atoms with Crippen molar-refractivity contribution in [1.82, 2.24) is 0 Å². The first kappa shape index (κ1) is 30.6. The topological polar surface area (TPSA) is 66.4 Å². The molecule has 0 unspecified atom stereocenters. The molecule has 0 fully saturated rings. The lowest BCUT2D eigenvalue weighted by Gasteiger charge is -2.29. The summed E-state index contributed by atoms with van der Waals surface area (Å²) in [6.07, 6.45) is 22.8. The second kappa shape index (κ2) is 20.3. The second-order valence-corrected chi connectivity index (χ2v) is 10.2. The molecule has 5 nitrogen and oxygen atoms in total. The van der Waals surface area contributed by atoms with Crippen LogP contribution in [0.5, 0.6) is 0 Å². The number of carboxylic acid groups (broad SMARTS) is 1. The van der Waals surface area contributed by atoms with Gasteiger partial charge in [-0.3, -0.25) is 4.79 Å². The van der Waals surface area contributed by atoms with Crippen LogP contribution in [0.15, 0.2) is 12.2 Å². The Hall–Kier alpha value is -1.36. The molecule has 0 amide bonds. The van der Waals surface area contributed by atoms with Crippen LogP contribution in [0, 0.1) is 0 Å². The van der Waals surface area contributed by atoms with Gasteiger partial charge >= 0.3 is 5.97 Å². The van der Waals surface area contributed by atoms with Gasteiger partial charge in [0.15, 0.2) is 6.10 Å². The summed E-state index contributed by atoms with van der Waals surface area (Å²) >= 11 is 0. The molecule has 0 heterocycles. The number of hydrogen-bond acceptors (Lipinski definition) is 4. The van der Waals surface area contributed by atoms with Crippen molar-refractivity contribution in [2.24, 2.45) is 0 Å². The van der Waals surface area contributed by atoms with Crippen LogP contribution in [0.4, 0.5) is 0 Å². The van der Waals surface area contributed by atoms with E-state index in [0.29, 0.717) is 17.4 Å². The molecule has 0 aliphatic carbocycles. The predicted octanol–water partition coefficient (Wildman–Crippen LogP) is 5.56. The summed E-state index contributed by atoms with van der Waals surface area (Å²) in [6.45, 7) is 2.73. The van der Waals surface area contributed by atoms with E-state index in [4.69, 9.17) is 4.74 Å². The maximum atomic E-state index is 12.0. The maximum absolute atomic E-state index is 12.0. The number of aliphatic carboxylic acids is 1. The Balaban J connectivity index is 3.59. The van der Waals surface area contributed by atoms with Gasteiger partial charge in [-0.2, -0.15) is 0 Å². The summed E-state index contributed by atoms with van der Waals surface area (Å²) in [5.74, 6) is -1.48. The van der Waals surface area contributed by atoms with Crippen molar-refractivity contribution in [3.8, 4) is 0 Å². The van der Waals surface area contributed by atoms with Gasteiger partial charge in [-0.25, -0.2) is 0 Å². The normalized spacial score (nSPS) is 12.9. The molecule has 0 saturated heterocycles. The third kappa shape index (κ3) is 23.3. The number of carbonyl (C=O) groups is 2. The van der Waals surface area contributed by atoms with Crippen molar-refractivity contribution in [1.29, 1.82) is 0 Å². The highest BCUT2D eigenvalue weighted by Gasteiger charge is 2.22. The highest BCUT2D eigenvalue weighted by molar-refractivity contribution is 5.70. The van der Waals surface area contributed by atoms with Gasteiger partial charge in [-0.15, -0.1) is 0 Å². The Morgan fingerprint density at radius 3 is 1.72 bits per heavy atom. The molecule has 0 bridgehead atoms. The van der Waals surface area contributed by atoms with E-state index in [0.717, 1.165) is 25.7 Å². The summed E-state index contributed by atoms with van der Waals surface area (Å²) in [5, 5.41) is 10.9. The number of carboxylic acids is 1. The molecule has 0 aromatic heterocycles. The van der Waals surface area contributed by atoms with Gasteiger partial charge in [0.2, 0.25) is 0 Å². The number of esters is 1. The fraction of sp³-hybridized carbons (Fsp3) is 0.852. The van der Waals surface area contributed by atoms with E-state index in [9.17, 15) is 14.7 Å². The minimum Gasteiger partial charge on any atom is -0.550 e. The predicted molar refractivity (Wildman–Crippen MR) is 131 cm³/mol. The minimum atomic E-state index is -1.18. The minimum absolute atomic E-state index is 0.242. The average Bonchev–Trinajstić information content (AvgIpc) is 2.68. The summed E-state index contributed by atoms with van der Waals surface area (Å²) in [4.78, 5) is 22.9. The average molecular weight is 454 g/mol. The highest BCUT2D eigenvalue weighted by atomic mass is 16.5. The van der Waals surface area contributed by atoms with Crippen molar-refractivity contribution in [2.75, 3.05) is 27.7 Å². The number of rotatable bonds is 22. The van der Waals surface area contributed by atoms with Gasteiger partial charge in [-0.05, 0) is 32.1 Å². The van der Waals surface area contributed by atoms with Crippen molar-refractivity contribution in [2.45, 2.75) is 122 Å². The number of ether oxygens (including phenoxy) is 1. The Labute approximate surface area is 198 Å². The quantitative estimate of drug-likeness (QED) is 0.0931. The van der Waals surface area contributed by atoms with Crippen LogP contribution in [0.2, 0.25) is 0 Å². The smallest absolute Gasteiger partial charge is 0.306 e. The Bertz CT molecular complexity index is 496. The zero-order valence-electron chi connectivity index (χ0n) is 21.5. The van der Waals surface area contributed by atoms with Gasteiger partial charge in [0.05, 0.1) is 21.1 Å². The first-order valence-electron chi connectivity index (χ1n) is 13.1. The molecule has 0 spiro atoms. The zero-order chi connectivity index (χ0) is 24.1. The van der Waals surface area contributed by atoms with Crippen molar-refractivity contribution in [3.05, 3.63) is 12.2 Å². The van der Waals surface area contributed by atoms with Crippen molar-refractivity contribution in [3.63, 3.8) is 0 Å². The van der Waals surface area contributed by atoms with Crippen molar-refractivity contribution >= 4 is 11.9 Å². The van der Waals surface area contributed by atoms with Crippen LogP contribution in [0.1, 0.15) is 116 Å². The summed E-state index contributed by atoms with van der Waals surface area (Å²) < 4.78 is 5.92. The van der Waals surface area contributed by atoms with E-state index in [1.165, 1.54) is 70.6 Å². The van der Waals surface area contributed by atoms with Crippen LogP contribution >= 0.6 is 0 Å². The molecule has 0 aliphatic heterocycles. The number of allylic oxidation sites excluding steroid dienone is 2. The first-order chi connectivity index (χ1) is 15.2. The van der Waals surface area contributed by atoms with E-state index < -0.39 is 12.1 Å². The fourth-order valence-corrected chi connectivity index (χ4v) is 3.88. The SMILES string of the molecule is CCCCCCCCCC/C=C\CCCCCCCC(=O)O[C@H](CC(=O)[O-])C[N+](C)(C)C. The van der Waals surface area contributed by atoms with Gasteiger partial charge in [-0.1, -0.05) is 83.3 Å². The monoisotopic (exact) mass is 453 g/mol. The zero-order valence-corrected chi connectivity index (χ0v) is 21.5. The first-order valence-corrected chi connectivity index (χ1v) is 13.1. The van der Waals surface area contributed by atoms with Crippen molar-refractivity contribution < 1.29 is 23.9 Å². The molecule has 5 heteroatoms. The number of hydrogen-bond donors (Lipinski definition) is 0. The number of quaternary nitrogens is 1. The molecule has 1 atom stereocenters. The van der Waals surface area contributed by atoms with Gasteiger partial charge in [0.25, 0.3) is 0 Å². The summed E-state index contributed by atoms with van der Waals surface area (Å²) in [7, 11) is 5.84. The standard InChI is InChI=1S/C27H51NO4/c1-5-6-7-8-9-10-11-12-13-14-15-16-17-18-19-20-21-22-27(31)32-25(23-26(29)30)24-28(2,3)4/h14-15,25H,5-13,16-24H2,1-4H3/b15-14-/t25-/m1/s1. The molecule has 32 heavy (non-hydrogen) atoms. The molecule has 0 saturated carbocycles. The van der Waals surface area contributed by atoms with Crippen LogP contribution in [0.3, 0.4) is 0 Å². The molecule has 0 aliphatic rings. The van der Waals surface area contributed by atoms with Gasteiger partial charge in [0, 0.05) is 18.8 Å². The van der Waals surface area contributed by atoms with E-state index in [1.807, 2.05) is 21.1 Å². The molecule has 0 aromatic carbocycles. The number of carbonyl (C=O) groups excluding carboxylic acids is 2. The second-order valence-electron chi connectivity index (χ2n) is 10.2. The molecule has 0 radical (unpaired) electrons. The Morgan fingerprint density at radius 1 is 0.781 bits per heavy atom. The Kier molecular flexibility index (Phi) is 19.4. The van der Waals surface area contributed by atoms with Gasteiger partial charge in [0.1, 0.15) is 6.54 Å². The third-order valence-corrected chi connectivity index (χ3v) is 5.59. The van der Waals surface area contributed by atoms with E-state index in [2.05, 4.69) is 19.1 Å². The number of nitrogens with zero attached hydrogens (tertiary/aromatic N) is 1. The molecule has 0 aromatic rings. The summed E-state index contributed by atoms with van der Waals surface area (Å²) in [6, 6.07) is 0. The molecular weight excluding hydrogens is 402 g/mol. The third-order valence-electron chi connectivity index (χ3n) is 5.59. The molecule has 188 valence electrons. The van der Waals surface area contributed by atoms with Crippen LogP contribution in [-0.4, -0.2) is 50.2 Å². The fourth-order valence-electron chi connectivity index (χ4n) is 3.88. The van der Waals surface area contributed by atoms with Gasteiger partial charge < -0.3 is 19.1 Å². The van der Waals surface area contributed by atoms with E-state index >= 15 is 0 Å². The van der Waals surface area contributed by atoms with E-state index in [1.54, 1.807) is 0 Å². The molecule has 0 rings (SSSR count). The lowest BCUT2D eigenvalue weighted by molar-refractivity contribution is -0.873.